The van der Waals surface area contributed by atoms with Crippen molar-refractivity contribution in [3.05, 3.63) is 60.0 Å². The highest BCUT2D eigenvalue weighted by atomic mass is 16.5. The Hall–Kier alpha value is -2.61. The van der Waals surface area contributed by atoms with Gasteiger partial charge in [0.15, 0.2) is 0 Å². The minimum Gasteiger partial charge on any atom is -0.391 e. The maximum atomic E-state index is 10.7. The van der Waals surface area contributed by atoms with Crippen molar-refractivity contribution in [3.8, 4) is 0 Å². The fourth-order valence-corrected chi connectivity index (χ4v) is 4.50. The quantitative estimate of drug-likeness (QED) is 0.695. The molecule has 2 saturated heterocycles. The first-order valence-corrected chi connectivity index (χ1v) is 10.6. The minimum atomic E-state index is -0.328. The third-order valence-electron chi connectivity index (χ3n) is 6.10. The molecular formula is C23H27N5O2. The van der Waals surface area contributed by atoms with Gasteiger partial charge in [0.25, 0.3) is 0 Å². The molecule has 1 N–H and O–H groups in total. The van der Waals surface area contributed by atoms with E-state index in [2.05, 4.69) is 36.9 Å². The van der Waals surface area contributed by atoms with E-state index in [1.54, 1.807) is 0 Å². The van der Waals surface area contributed by atoms with E-state index in [-0.39, 0.29) is 12.0 Å². The molecule has 2 atom stereocenters. The number of hydrogen-bond donors (Lipinski definition) is 1. The zero-order valence-corrected chi connectivity index (χ0v) is 17.0. The summed E-state index contributed by atoms with van der Waals surface area (Å²) in [5.74, 6) is 0.982. The number of morpholine rings is 1. The molecular weight excluding hydrogens is 378 g/mol. The Balaban J connectivity index is 1.22. The van der Waals surface area contributed by atoms with Gasteiger partial charge in [0, 0.05) is 68.2 Å². The van der Waals surface area contributed by atoms with Gasteiger partial charge in [-0.15, -0.1) is 0 Å². The number of rotatable bonds is 5. The zero-order chi connectivity index (χ0) is 20.3. The van der Waals surface area contributed by atoms with Crippen LogP contribution in [-0.4, -0.2) is 70.5 Å². The Labute approximate surface area is 176 Å². The summed E-state index contributed by atoms with van der Waals surface area (Å²) in [6.07, 6.45) is 6.21. The van der Waals surface area contributed by atoms with Crippen molar-refractivity contribution in [3.63, 3.8) is 0 Å². The summed E-state index contributed by atoms with van der Waals surface area (Å²) in [6, 6.07) is 10.3. The molecule has 0 aliphatic carbocycles. The molecule has 30 heavy (non-hydrogen) atoms. The van der Waals surface area contributed by atoms with Crippen LogP contribution in [0.15, 0.2) is 48.9 Å². The standard InChI is InChI=1S/C23H27N5O2/c29-22-16-27(14-17-12-25-23(26-13-17)28-7-9-30-10-8-28)15-19(22)11-18-5-6-24-21-4-2-1-3-20(18)21/h1-6,12-13,19,22,29H,7-11,14-16H2/t19-,22+/m1/s1. The summed E-state index contributed by atoms with van der Waals surface area (Å²) in [5.41, 5.74) is 3.34. The van der Waals surface area contributed by atoms with Crippen LogP contribution in [0.1, 0.15) is 11.1 Å². The molecule has 7 nitrogen and oxygen atoms in total. The molecule has 2 aromatic heterocycles. The molecule has 0 spiro atoms. The van der Waals surface area contributed by atoms with Crippen LogP contribution in [0, 0.1) is 5.92 Å². The third kappa shape index (κ3) is 4.14. The predicted octanol–water partition coefficient (Wildman–Crippen LogP) is 1.90. The Bertz CT molecular complexity index is 985. The zero-order valence-electron chi connectivity index (χ0n) is 17.0. The van der Waals surface area contributed by atoms with Gasteiger partial charge in [-0.2, -0.15) is 0 Å². The van der Waals surface area contributed by atoms with Gasteiger partial charge in [0.05, 0.1) is 24.8 Å². The number of β-amino-alcohol motifs (C(OH)–C–C–N with tert-alkyl or cyclic N) is 1. The van der Waals surface area contributed by atoms with Crippen LogP contribution in [0.2, 0.25) is 0 Å². The normalized spacial score (nSPS) is 22.6. The van der Waals surface area contributed by atoms with Crippen molar-refractivity contribution in [2.75, 3.05) is 44.3 Å². The molecule has 0 unspecified atom stereocenters. The average molecular weight is 406 g/mol. The number of aromatic nitrogens is 3. The summed E-state index contributed by atoms with van der Waals surface area (Å²) < 4.78 is 5.39. The smallest absolute Gasteiger partial charge is 0.225 e. The van der Waals surface area contributed by atoms with E-state index in [0.29, 0.717) is 6.54 Å². The number of para-hydroxylation sites is 1. The number of hydrogen-bond acceptors (Lipinski definition) is 7. The summed E-state index contributed by atoms with van der Waals surface area (Å²) in [7, 11) is 0. The monoisotopic (exact) mass is 405 g/mol. The highest BCUT2D eigenvalue weighted by molar-refractivity contribution is 5.81. The number of aliphatic hydroxyl groups is 1. The molecule has 0 saturated carbocycles. The number of nitrogens with zero attached hydrogens (tertiary/aromatic N) is 5. The average Bonchev–Trinajstić information content (AvgIpc) is 3.13. The summed E-state index contributed by atoms with van der Waals surface area (Å²) in [5, 5.41) is 11.9. The molecule has 5 rings (SSSR count). The SMILES string of the molecule is O[C@H]1CN(Cc2cnc(N3CCOCC3)nc2)C[C@H]1Cc1ccnc2ccccc12. The van der Waals surface area contributed by atoms with Crippen molar-refractivity contribution in [2.24, 2.45) is 5.92 Å². The van der Waals surface area contributed by atoms with Crippen LogP contribution in [-0.2, 0) is 17.7 Å². The van der Waals surface area contributed by atoms with E-state index in [4.69, 9.17) is 4.74 Å². The lowest BCUT2D eigenvalue weighted by Gasteiger charge is -2.26. The summed E-state index contributed by atoms with van der Waals surface area (Å²) in [4.78, 5) is 18.0. The van der Waals surface area contributed by atoms with Gasteiger partial charge in [-0.05, 0) is 24.1 Å². The van der Waals surface area contributed by atoms with Gasteiger partial charge >= 0.3 is 0 Å². The lowest BCUT2D eigenvalue weighted by atomic mass is 9.94. The lowest BCUT2D eigenvalue weighted by molar-refractivity contribution is 0.122. The second-order valence-electron chi connectivity index (χ2n) is 8.20. The molecule has 4 heterocycles. The third-order valence-corrected chi connectivity index (χ3v) is 6.10. The molecule has 2 fully saturated rings. The number of likely N-dealkylation sites (tertiary alicyclic amines) is 1. The highest BCUT2D eigenvalue weighted by Crippen LogP contribution is 2.26. The van der Waals surface area contributed by atoms with Crippen molar-refractivity contribution in [2.45, 2.75) is 19.1 Å². The van der Waals surface area contributed by atoms with Gasteiger partial charge in [-0.25, -0.2) is 9.97 Å². The maximum absolute atomic E-state index is 10.7. The predicted molar refractivity (Wildman–Crippen MR) is 115 cm³/mol. The van der Waals surface area contributed by atoms with Crippen molar-refractivity contribution in [1.29, 1.82) is 0 Å². The van der Waals surface area contributed by atoms with Gasteiger partial charge in [-0.3, -0.25) is 9.88 Å². The van der Waals surface area contributed by atoms with Crippen LogP contribution < -0.4 is 4.90 Å². The minimum absolute atomic E-state index is 0.212. The van der Waals surface area contributed by atoms with Crippen LogP contribution in [0.4, 0.5) is 5.95 Å². The molecule has 0 bridgehead atoms. The van der Waals surface area contributed by atoms with E-state index in [0.717, 1.165) is 62.8 Å². The molecule has 0 amide bonds. The highest BCUT2D eigenvalue weighted by Gasteiger charge is 2.31. The van der Waals surface area contributed by atoms with E-state index in [1.807, 2.05) is 36.8 Å². The number of fused-ring (bicyclic) bond motifs is 1. The van der Waals surface area contributed by atoms with E-state index >= 15 is 0 Å². The molecule has 2 aliphatic rings. The molecule has 1 aromatic carbocycles. The van der Waals surface area contributed by atoms with Crippen molar-refractivity contribution in [1.82, 2.24) is 19.9 Å². The van der Waals surface area contributed by atoms with Crippen LogP contribution in [0.25, 0.3) is 10.9 Å². The second-order valence-corrected chi connectivity index (χ2v) is 8.20. The van der Waals surface area contributed by atoms with Gasteiger partial charge in [0.2, 0.25) is 5.95 Å². The first kappa shape index (κ1) is 19.4. The van der Waals surface area contributed by atoms with Crippen LogP contribution in [0.3, 0.4) is 0 Å². The molecule has 0 radical (unpaired) electrons. The fraction of sp³-hybridized carbons (Fsp3) is 0.435. The van der Waals surface area contributed by atoms with E-state index in [9.17, 15) is 5.11 Å². The number of anilines is 1. The lowest BCUT2D eigenvalue weighted by Crippen LogP contribution is -2.37. The molecule has 2 aliphatic heterocycles. The van der Waals surface area contributed by atoms with E-state index in [1.165, 1.54) is 10.9 Å². The number of benzene rings is 1. The van der Waals surface area contributed by atoms with Crippen LogP contribution >= 0.6 is 0 Å². The number of ether oxygens (including phenoxy) is 1. The molecule has 7 heteroatoms. The van der Waals surface area contributed by atoms with E-state index < -0.39 is 0 Å². The summed E-state index contributed by atoms with van der Waals surface area (Å²) in [6.45, 7) is 5.43. The van der Waals surface area contributed by atoms with Crippen LogP contribution in [0.5, 0.6) is 0 Å². The summed E-state index contributed by atoms with van der Waals surface area (Å²) >= 11 is 0. The Kier molecular flexibility index (Phi) is 5.57. The maximum Gasteiger partial charge on any atom is 0.225 e. The number of aliphatic hydroxyl groups excluding tert-OH is 1. The molecule has 3 aromatic rings. The first-order chi connectivity index (χ1) is 14.8. The molecule has 156 valence electrons. The Morgan fingerprint density at radius 2 is 1.80 bits per heavy atom. The van der Waals surface area contributed by atoms with Crippen molar-refractivity contribution >= 4 is 16.9 Å². The number of pyridine rings is 1. The Morgan fingerprint density at radius 3 is 2.63 bits per heavy atom. The van der Waals surface area contributed by atoms with Crippen molar-refractivity contribution < 1.29 is 9.84 Å². The Morgan fingerprint density at radius 1 is 1.00 bits per heavy atom. The van der Waals surface area contributed by atoms with Gasteiger partial charge in [0.1, 0.15) is 0 Å². The van der Waals surface area contributed by atoms with Gasteiger partial charge < -0.3 is 14.7 Å². The van der Waals surface area contributed by atoms with Gasteiger partial charge in [-0.1, -0.05) is 18.2 Å². The topological polar surface area (TPSA) is 74.6 Å². The fourth-order valence-electron chi connectivity index (χ4n) is 4.50. The first-order valence-electron chi connectivity index (χ1n) is 10.6. The largest absolute Gasteiger partial charge is 0.391 e. The second kappa shape index (κ2) is 8.63.